The predicted molar refractivity (Wildman–Crippen MR) is 76.5 cm³/mol. The van der Waals surface area contributed by atoms with Crippen molar-refractivity contribution in [2.24, 2.45) is 0 Å². The number of rotatable bonds is 6. The molecule has 20 heavy (non-hydrogen) atoms. The molecule has 0 saturated carbocycles. The van der Waals surface area contributed by atoms with Crippen LogP contribution in [0.5, 0.6) is 0 Å². The standard InChI is InChI=1S/C13H21FN2O3S/c1-5-16(9(2)8-19-4)20(17,18)13-7-11(15)6-12(14)10(13)3/h6-7,9H,5,8,15H2,1-4H3. The molecule has 0 amide bonds. The van der Waals surface area contributed by atoms with Gasteiger partial charge in [0.1, 0.15) is 5.82 Å². The zero-order valence-corrected chi connectivity index (χ0v) is 13.0. The highest BCUT2D eigenvalue weighted by Crippen LogP contribution is 2.26. The number of likely N-dealkylation sites (N-methyl/N-ethyl adjacent to an activating group) is 1. The molecular weight excluding hydrogens is 283 g/mol. The summed E-state index contributed by atoms with van der Waals surface area (Å²) in [7, 11) is -2.31. The Bertz CT molecular complexity index is 575. The normalized spacial score (nSPS) is 13.7. The van der Waals surface area contributed by atoms with Crippen LogP contribution in [0.1, 0.15) is 19.4 Å². The van der Waals surface area contributed by atoms with Gasteiger partial charge in [-0.05, 0) is 26.0 Å². The van der Waals surface area contributed by atoms with Crippen molar-refractivity contribution in [1.29, 1.82) is 0 Å². The highest BCUT2D eigenvalue weighted by atomic mass is 32.2. The Balaban J connectivity index is 3.35. The van der Waals surface area contributed by atoms with E-state index < -0.39 is 15.8 Å². The molecule has 1 atom stereocenters. The van der Waals surface area contributed by atoms with Gasteiger partial charge in [-0.25, -0.2) is 12.8 Å². The number of methoxy groups -OCH3 is 1. The number of hydrogen-bond donors (Lipinski definition) is 1. The summed E-state index contributed by atoms with van der Waals surface area (Å²) in [5, 5.41) is 0. The number of nitrogens with two attached hydrogens (primary N) is 1. The number of anilines is 1. The molecule has 0 radical (unpaired) electrons. The van der Waals surface area contributed by atoms with E-state index in [1.807, 2.05) is 0 Å². The molecule has 0 spiro atoms. The molecule has 0 aromatic heterocycles. The minimum absolute atomic E-state index is 0.0715. The summed E-state index contributed by atoms with van der Waals surface area (Å²) < 4.78 is 45.3. The first kappa shape index (κ1) is 16.9. The third-order valence-electron chi connectivity index (χ3n) is 3.12. The van der Waals surface area contributed by atoms with Crippen molar-refractivity contribution in [2.45, 2.75) is 31.7 Å². The molecule has 0 heterocycles. The fourth-order valence-electron chi connectivity index (χ4n) is 2.11. The summed E-state index contributed by atoms with van der Waals surface area (Å²) in [6.45, 7) is 5.42. The van der Waals surface area contributed by atoms with Crippen molar-refractivity contribution in [3.63, 3.8) is 0 Å². The third kappa shape index (κ3) is 3.28. The Morgan fingerprint density at radius 1 is 1.45 bits per heavy atom. The zero-order valence-electron chi connectivity index (χ0n) is 12.2. The molecule has 0 aliphatic heterocycles. The lowest BCUT2D eigenvalue weighted by Crippen LogP contribution is -2.41. The maximum Gasteiger partial charge on any atom is 0.243 e. The minimum atomic E-state index is -3.81. The number of sulfonamides is 1. The molecule has 0 fully saturated rings. The summed E-state index contributed by atoms with van der Waals surface area (Å²) in [5.74, 6) is -0.626. The van der Waals surface area contributed by atoms with E-state index >= 15 is 0 Å². The SMILES string of the molecule is CCN(C(C)COC)S(=O)(=O)c1cc(N)cc(F)c1C. The first-order valence-corrected chi connectivity index (χ1v) is 7.76. The minimum Gasteiger partial charge on any atom is -0.399 e. The Hall–Kier alpha value is -1.18. The number of nitrogen functional groups attached to an aromatic ring is 1. The van der Waals surface area contributed by atoms with Crippen LogP contribution >= 0.6 is 0 Å². The van der Waals surface area contributed by atoms with Gasteiger partial charge in [0.15, 0.2) is 0 Å². The molecule has 0 aliphatic carbocycles. The number of benzene rings is 1. The predicted octanol–water partition coefficient (Wildman–Crippen LogP) is 1.76. The summed E-state index contributed by atoms with van der Waals surface area (Å²) in [4.78, 5) is -0.0974. The van der Waals surface area contributed by atoms with Gasteiger partial charge in [0.2, 0.25) is 10.0 Å². The Morgan fingerprint density at radius 2 is 2.05 bits per heavy atom. The Labute approximate surface area is 119 Å². The van der Waals surface area contributed by atoms with Gasteiger partial charge in [-0.15, -0.1) is 0 Å². The van der Waals surface area contributed by atoms with Gasteiger partial charge in [-0.2, -0.15) is 4.31 Å². The second-order valence-corrected chi connectivity index (χ2v) is 6.50. The molecule has 1 aromatic rings. The van der Waals surface area contributed by atoms with E-state index in [4.69, 9.17) is 10.5 Å². The van der Waals surface area contributed by atoms with Crippen molar-refractivity contribution in [2.75, 3.05) is 26.0 Å². The summed E-state index contributed by atoms with van der Waals surface area (Å²) >= 11 is 0. The molecule has 7 heteroatoms. The average Bonchev–Trinajstić information content (AvgIpc) is 2.34. The van der Waals surface area contributed by atoms with Gasteiger partial charge in [0.05, 0.1) is 11.5 Å². The fraction of sp³-hybridized carbons (Fsp3) is 0.538. The molecule has 1 unspecified atom stereocenters. The number of hydrogen-bond acceptors (Lipinski definition) is 4. The first-order chi connectivity index (χ1) is 9.25. The maximum atomic E-state index is 13.7. The van der Waals surface area contributed by atoms with Crippen LogP contribution < -0.4 is 5.73 Å². The van der Waals surface area contributed by atoms with Gasteiger partial charge < -0.3 is 10.5 Å². The lowest BCUT2D eigenvalue weighted by molar-refractivity contribution is 0.142. The highest BCUT2D eigenvalue weighted by molar-refractivity contribution is 7.89. The zero-order chi connectivity index (χ0) is 15.5. The highest BCUT2D eigenvalue weighted by Gasteiger charge is 2.30. The van der Waals surface area contributed by atoms with E-state index in [-0.39, 0.29) is 35.3 Å². The first-order valence-electron chi connectivity index (χ1n) is 6.32. The van der Waals surface area contributed by atoms with Crippen LogP contribution in [0.25, 0.3) is 0 Å². The van der Waals surface area contributed by atoms with Gasteiger partial charge >= 0.3 is 0 Å². The van der Waals surface area contributed by atoms with Gasteiger partial charge in [-0.1, -0.05) is 6.92 Å². The number of nitrogens with zero attached hydrogens (tertiary/aromatic N) is 1. The summed E-state index contributed by atoms with van der Waals surface area (Å²) in [6, 6.07) is 2.05. The third-order valence-corrected chi connectivity index (χ3v) is 5.33. The summed E-state index contributed by atoms with van der Waals surface area (Å²) in [6.07, 6.45) is 0. The Morgan fingerprint density at radius 3 is 2.55 bits per heavy atom. The molecule has 0 bridgehead atoms. The van der Waals surface area contributed by atoms with Crippen LogP contribution in [-0.2, 0) is 14.8 Å². The van der Waals surface area contributed by atoms with Crippen LogP contribution in [0.2, 0.25) is 0 Å². The smallest absolute Gasteiger partial charge is 0.243 e. The molecule has 114 valence electrons. The monoisotopic (exact) mass is 304 g/mol. The number of ether oxygens (including phenoxy) is 1. The molecule has 5 nitrogen and oxygen atoms in total. The van der Waals surface area contributed by atoms with Crippen LogP contribution in [-0.4, -0.2) is 39.0 Å². The number of halogens is 1. The Kier molecular flexibility index (Phi) is 5.50. The van der Waals surface area contributed by atoms with Gasteiger partial charge in [0.25, 0.3) is 0 Å². The van der Waals surface area contributed by atoms with E-state index in [2.05, 4.69) is 0 Å². The average molecular weight is 304 g/mol. The van der Waals surface area contributed by atoms with Crippen molar-refractivity contribution in [3.05, 3.63) is 23.5 Å². The van der Waals surface area contributed by atoms with E-state index in [1.54, 1.807) is 13.8 Å². The second kappa shape index (κ2) is 6.51. The van der Waals surface area contributed by atoms with E-state index in [9.17, 15) is 12.8 Å². The van der Waals surface area contributed by atoms with E-state index in [1.165, 1.54) is 24.4 Å². The lowest BCUT2D eigenvalue weighted by atomic mass is 10.2. The molecule has 1 rings (SSSR count). The molecule has 0 saturated heterocycles. The van der Waals surface area contributed by atoms with Crippen molar-refractivity contribution >= 4 is 15.7 Å². The van der Waals surface area contributed by atoms with Crippen LogP contribution in [0.15, 0.2) is 17.0 Å². The van der Waals surface area contributed by atoms with E-state index in [0.717, 1.165) is 6.07 Å². The second-order valence-electron chi connectivity index (χ2n) is 4.64. The lowest BCUT2D eigenvalue weighted by Gasteiger charge is -2.27. The van der Waals surface area contributed by atoms with Crippen molar-refractivity contribution in [3.8, 4) is 0 Å². The topological polar surface area (TPSA) is 72.6 Å². The van der Waals surface area contributed by atoms with Crippen LogP contribution in [0, 0.1) is 12.7 Å². The molecule has 2 N–H and O–H groups in total. The molecular formula is C13H21FN2O3S. The van der Waals surface area contributed by atoms with Gasteiger partial charge in [0, 0.05) is 30.9 Å². The van der Waals surface area contributed by atoms with Crippen molar-refractivity contribution < 1.29 is 17.5 Å². The summed E-state index contributed by atoms with van der Waals surface area (Å²) in [5.41, 5.74) is 5.71. The van der Waals surface area contributed by atoms with Gasteiger partial charge in [-0.3, -0.25) is 0 Å². The molecule has 0 aliphatic rings. The van der Waals surface area contributed by atoms with Crippen LogP contribution in [0.4, 0.5) is 10.1 Å². The fourth-order valence-corrected chi connectivity index (χ4v) is 4.01. The van der Waals surface area contributed by atoms with E-state index in [0.29, 0.717) is 0 Å². The maximum absolute atomic E-state index is 13.7. The quantitative estimate of drug-likeness (QED) is 0.813. The largest absolute Gasteiger partial charge is 0.399 e. The van der Waals surface area contributed by atoms with Crippen LogP contribution in [0.3, 0.4) is 0 Å². The molecule has 1 aromatic carbocycles. The van der Waals surface area contributed by atoms with Crippen molar-refractivity contribution in [1.82, 2.24) is 4.31 Å².